The molecule has 168 valence electrons. The summed E-state index contributed by atoms with van der Waals surface area (Å²) in [5.41, 5.74) is 0.104. The summed E-state index contributed by atoms with van der Waals surface area (Å²) in [6.45, 7) is 0.289. The van der Waals surface area contributed by atoms with E-state index >= 15 is 0 Å². The summed E-state index contributed by atoms with van der Waals surface area (Å²) < 4.78 is 5.29. The number of phenolic OH excluding ortho intramolecular Hbond substituents is 1. The van der Waals surface area contributed by atoms with Crippen molar-refractivity contribution in [2.24, 2.45) is 0 Å². The number of carbonyl (C=O) groups excluding carboxylic acids is 2. The van der Waals surface area contributed by atoms with Crippen LogP contribution in [0.5, 0.6) is 11.5 Å². The Morgan fingerprint density at radius 3 is 2.17 bits per heavy atom. The van der Waals surface area contributed by atoms with Gasteiger partial charge in [0.25, 0.3) is 0 Å². The highest BCUT2D eigenvalue weighted by Crippen LogP contribution is 2.25. The van der Waals surface area contributed by atoms with Gasteiger partial charge >= 0.3 is 0 Å². The lowest BCUT2D eigenvalue weighted by Gasteiger charge is -2.27. The smallest absolute Gasteiger partial charge is 0.157 e. The molecule has 0 heterocycles. The highest BCUT2D eigenvalue weighted by molar-refractivity contribution is 5.83. The number of nitrogens with two attached hydrogens (primary N) is 1. The minimum Gasteiger partial charge on any atom is -0.550 e. The van der Waals surface area contributed by atoms with E-state index in [1.807, 2.05) is 0 Å². The van der Waals surface area contributed by atoms with Gasteiger partial charge in [0.05, 0.1) is 24.3 Å². The van der Waals surface area contributed by atoms with E-state index in [1.165, 1.54) is 70.3 Å². The van der Waals surface area contributed by atoms with Crippen molar-refractivity contribution in [3.63, 3.8) is 0 Å². The van der Waals surface area contributed by atoms with Crippen molar-refractivity contribution in [1.29, 1.82) is 0 Å². The first-order valence-electron chi connectivity index (χ1n) is 11.5. The molecule has 0 spiro atoms. The zero-order chi connectivity index (χ0) is 21.6. The maximum Gasteiger partial charge on any atom is 0.157 e. The van der Waals surface area contributed by atoms with Gasteiger partial charge in [-0.2, -0.15) is 0 Å². The highest BCUT2D eigenvalue weighted by Gasteiger charge is 2.22. The van der Waals surface area contributed by atoms with Crippen LogP contribution in [-0.4, -0.2) is 36.1 Å². The predicted molar refractivity (Wildman–Crippen MR) is 114 cm³/mol. The van der Waals surface area contributed by atoms with Crippen LogP contribution in [0.4, 0.5) is 0 Å². The molecule has 2 saturated carbocycles. The van der Waals surface area contributed by atoms with Gasteiger partial charge in [0.2, 0.25) is 0 Å². The number of phenols is 1. The van der Waals surface area contributed by atoms with E-state index in [9.17, 15) is 19.8 Å². The molecular weight excluding hydrogens is 382 g/mol. The molecule has 0 bridgehead atoms. The first-order chi connectivity index (χ1) is 14.6. The number of aldehydes is 1. The van der Waals surface area contributed by atoms with E-state index in [1.54, 1.807) is 12.1 Å². The number of hydrogen-bond donors (Lipinski definition) is 2. The Balaban J connectivity index is 0.000000220. The van der Waals surface area contributed by atoms with Crippen molar-refractivity contribution >= 4 is 12.3 Å². The number of hydrogen-bond acceptors (Lipinski definition) is 5. The van der Waals surface area contributed by atoms with Gasteiger partial charge in [-0.3, -0.25) is 4.79 Å². The number of ether oxygens (including phenoxy) is 1. The molecule has 0 unspecified atom stereocenters. The molecular formula is C24H37NO5. The van der Waals surface area contributed by atoms with E-state index < -0.39 is 5.97 Å². The van der Waals surface area contributed by atoms with E-state index in [0.717, 1.165) is 12.1 Å². The lowest BCUT2D eigenvalue weighted by atomic mass is 9.91. The summed E-state index contributed by atoms with van der Waals surface area (Å²) in [5.74, 6) is -0.920. The molecule has 0 aromatic heterocycles. The van der Waals surface area contributed by atoms with Crippen molar-refractivity contribution in [2.45, 2.75) is 95.6 Å². The van der Waals surface area contributed by atoms with E-state index in [4.69, 9.17) is 4.74 Å². The number of unbranched alkanes of at least 4 members (excludes halogenated alkanes) is 1. The number of carbonyl (C=O) groups is 2. The van der Waals surface area contributed by atoms with Crippen LogP contribution in [0.2, 0.25) is 0 Å². The van der Waals surface area contributed by atoms with Crippen molar-refractivity contribution < 1.29 is 29.9 Å². The lowest BCUT2D eigenvalue weighted by Crippen LogP contribution is -2.95. The van der Waals surface area contributed by atoms with Gasteiger partial charge in [0, 0.05) is 5.97 Å². The molecule has 2 aliphatic carbocycles. The zero-order valence-corrected chi connectivity index (χ0v) is 18.0. The molecule has 3 N–H and O–H groups in total. The summed E-state index contributed by atoms with van der Waals surface area (Å²) in [6.07, 6.45) is 16.5. The molecule has 0 atom stereocenters. The molecule has 6 heteroatoms. The average Bonchev–Trinajstić information content (AvgIpc) is 2.75. The van der Waals surface area contributed by atoms with Crippen molar-refractivity contribution in [1.82, 2.24) is 0 Å². The Morgan fingerprint density at radius 2 is 1.63 bits per heavy atom. The number of aromatic hydroxyl groups is 1. The van der Waals surface area contributed by atoms with Crippen LogP contribution in [-0.2, 0) is 4.79 Å². The third-order valence-corrected chi connectivity index (χ3v) is 6.04. The number of rotatable bonds is 9. The highest BCUT2D eigenvalue weighted by atomic mass is 16.5. The molecule has 1 aromatic carbocycles. The normalized spacial score (nSPS) is 17.6. The predicted octanol–water partition coefficient (Wildman–Crippen LogP) is 2.72. The van der Waals surface area contributed by atoms with Gasteiger partial charge in [-0.1, -0.05) is 18.9 Å². The van der Waals surface area contributed by atoms with Gasteiger partial charge < -0.3 is 25.1 Å². The largest absolute Gasteiger partial charge is 0.550 e. The second kappa shape index (κ2) is 14.0. The molecule has 30 heavy (non-hydrogen) atoms. The lowest BCUT2D eigenvalue weighted by molar-refractivity contribution is -0.725. The van der Waals surface area contributed by atoms with Crippen LogP contribution in [0, 0.1) is 0 Å². The van der Waals surface area contributed by atoms with Crippen molar-refractivity contribution in [3.8, 4) is 11.5 Å². The maximum absolute atomic E-state index is 10.7. The number of quaternary nitrogens is 1. The molecule has 1 aromatic rings. The summed E-state index contributed by atoms with van der Waals surface area (Å²) in [7, 11) is 0. The van der Waals surface area contributed by atoms with Crippen LogP contribution < -0.4 is 15.2 Å². The van der Waals surface area contributed by atoms with Crippen LogP contribution in [0.3, 0.4) is 0 Å². The first kappa shape index (κ1) is 24.2. The summed E-state index contributed by atoms with van der Waals surface area (Å²) in [6, 6.07) is 6.53. The third kappa shape index (κ3) is 9.16. The topological polar surface area (TPSA) is 103 Å². The van der Waals surface area contributed by atoms with Crippen LogP contribution >= 0.6 is 0 Å². The summed E-state index contributed by atoms with van der Waals surface area (Å²) in [5, 5.41) is 22.2. The fraction of sp³-hybridized carbons (Fsp3) is 0.667. The number of carboxylic acids is 1. The molecule has 0 amide bonds. The zero-order valence-electron chi connectivity index (χ0n) is 18.0. The number of benzene rings is 1. The number of aliphatic carboxylic acids is 1. The van der Waals surface area contributed by atoms with Crippen molar-refractivity contribution in [3.05, 3.63) is 23.8 Å². The van der Waals surface area contributed by atoms with Gasteiger partial charge in [-0.05, 0) is 82.8 Å². The molecule has 6 nitrogen and oxygen atoms in total. The maximum atomic E-state index is 10.7. The second-order valence-electron chi connectivity index (χ2n) is 8.47. The molecule has 2 fully saturated rings. The minimum atomic E-state index is -1.09. The SMILES string of the molecule is C1CCC([NH2+]C2CCCCC2)CC1.O=Cc1c(O)cccc1OCCCCC(=O)[O-]. The average molecular weight is 420 g/mol. The second-order valence-corrected chi connectivity index (χ2v) is 8.47. The Bertz CT molecular complexity index is 620. The molecule has 2 aliphatic rings. The van der Waals surface area contributed by atoms with Crippen LogP contribution in [0.1, 0.15) is 93.8 Å². The fourth-order valence-electron chi connectivity index (χ4n) is 4.37. The third-order valence-electron chi connectivity index (χ3n) is 6.04. The summed E-state index contributed by atoms with van der Waals surface area (Å²) >= 11 is 0. The minimum absolute atomic E-state index is 0.00998. The Hall–Kier alpha value is -2.08. The van der Waals surface area contributed by atoms with Crippen molar-refractivity contribution in [2.75, 3.05) is 6.61 Å². The molecule has 0 saturated heterocycles. The standard InChI is InChI=1S/C12H23N.C12H14O5/c1-3-7-11(8-4-1)13-12-9-5-2-6-10-12;13-8-9-10(14)4-3-5-11(9)17-7-2-1-6-12(15)16/h11-13H,1-10H2;3-5,8,14H,1-2,6-7H2,(H,15,16). The van der Waals surface area contributed by atoms with Crippen LogP contribution in [0.15, 0.2) is 18.2 Å². The van der Waals surface area contributed by atoms with Crippen LogP contribution in [0.25, 0.3) is 0 Å². The molecule has 0 aliphatic heterocycles. The van der Waals surface area contributed by atoms with Gasteiger partial charge in [0.1, 0.15) is 11.5 Å². The Kier molecular flexibility index (Phi) is 11.3. The monoisotopic (exact) mass is 419 g/mol. The molecule has 3 rings (SSSR count). The number of carboxylic acid groups (broad SMARTS) is 1. The Morgan fingerprint density at radius 1 is 1.03 bits per heavy atom. The van der Waals surface area contributed by atoms with E-state index in [-0.39, 0.29) is 24.3 Å². The van der Waals surface area contributed by atoms with Gasteiger partial charge in [0.15, 0.2) is 6.29 Å². The van der Waals surface area contributed by atoms with E-state index in [2.05, 4.69) is 5.32 Å². The van der Waals surface area contributed by atoms with Gasteiger partial charge in [-0.15, -0.1) is 0 Å². The Labute approximate surface area is 180 Å². The van der Waals surface area contributed by atoms with Gasteiger partial charge in [-0.25, -0.2) is 0 Å². The first-order valence-corrected chi connectivity index (χ1v) is 11.5. The fourth-order valence-corrected chi connectivity index (χ4v) is 4.37. The summed E-state index contributed by atoms with van der Waals surface area (Å²) in [4.78, 5) is 20.8. The molecule has 0 radical (unpaired) electrons. The quantitative estimate of drug-likeness (QED) is 0.473. The van der Waals surface area contributed by atoms with E-state index in [0.29, 0.717) is 24.9 Å².